The Hall–Kier alpha value is -2.68. The van der Waals surface area contributed by atoms with Gasteiger partial charge in [0.2, 0.25) is 11.4 Å². The first kappa shape index (κ1) is 16.5. The molecule has 0 atom stereocenters. The average molecular weight is 357 g/mol. The monoisotopic (exact) mass is 357 g/mol. The standard InChI is InChI=1S/C24H25N2O/c1-16-11-12-18-19-13-14-20(17-8-4-3-5-9-17)25-24(19)27-23(18)22(16)21-10-6-7-15-26(21)2/h6-7,10-15,17H,3-5,8-9H2,1-2H3/q+1. The summed E-state index contributed by atoms with van der Waals surface area (Å²) in [6.45, 7) is 2.15. The molecule has 0 radical (unpaired) electrons. The topological polar surface area (TPSA) is 29.9 Å². The lowest BCUT2D eigenvalue weighted by atomic mass is 9.86. The van der Waals surface area contributed by atoms with Crippen LogP contribution in [-0.4, -0.2) is 4.98 Å². The first-order chi connectivity index (χ1) is 13.2. The number of furan rings is 1. The van der Waals surface area contributed by atoms with Gasteiger partial charge in [-0.1, -0.05) is 31.4 Å². The Labute approximate surface area is 159 Å². The minimum absolute atomic E-state index is 0.587. The van der Waals surface area contributed by atoms with Gasteiger partial charge in [-0.2, -0.15) is 0 Å². The molecule has 0 unspecified atom stereocenters. The van der Waals surface area contributed by atoms with Gasteiger partial charge in [-0.05, 0) is 43.5 Å². The Bertz CT molecular complexity index is 1140. The van der Waals surface area contributed by atoms with E-state index in [-0.39, 0.29) is 0 Å². The molecule has 0 bridgehead atoms. The van der Waals surface area contributed by atoms with Crippen LogP contribution < -0.4 is 4.57 Å². The first-order valence-corrected chi connectivity index (χ1v) is 10.00. The summed E-state index contributed by atoms with van der Waals surface area (Å²) in [6, 6.07) is 15.1. The first-order valence-electron chi connectivity index (χ1n) is 10.00. The molecule has 0 amide bonds. The molecule has 0 spiro atoms. The summed E-state index contributed by atoms with van der Waals surface area (Å²) in [5.74, 6) is 0.587. The molecule has 3 aromatic heterocycles. The lowest BCUT2D eigenvalue weighted by Crippen LogP contribution is -2.30. The summed E-state index contributed by atoms with van der Waals surface area (Å²) < 4.78 is 8.53. The number of benzene rings is 1. The third-order valence-corrected chi connectivity index (χ3v) is 6.07. The van der Waals surface area contributed by atoms with Gasteiger partial charge >= 0.3 is 0 Å². The molecule has 1 saturated carbocycles. The SMILES string of the molecule is Cc1ccc2c(oc3nc(C4CCCCC4)ccc32)c1-c1cccc[n+]1C. The smallest absolute Gasteiger partial charge is 0.227 e. The largest absolute Gasteiger partial charge is 0.437 e. The maximum Gasteiger partial charge on any atom is 0.227 e. The number of aromatic nitrogens is 2. The molecule has 1 aromatic carbocycles. The molecule has 5 rings (SSSR count). The summed E-state index contributed by atoms with van der Waals surface area (Å²) >= 11 is 0. The zero-order valence-electron chi connectivity index (χ0n) is 16.0. The van der Waals surface area contributed by atoms with Gasteiger partial charge in [0.25, 0.3) is 0 Å². The molecule has 0 N–H and O–H groups in total. The fraction of sp³-hybridized carbons (Fsp3) is 0.333. The van der Waals surface area contributed by atoms with Crippen LogP contribution in [0, 0.1) is 6.92 Å². The number of hydrogen-bond donors (Lipinski definition) is 0. The molecule has 3 nitrogen and oxygen atoms in total. The number of pyridine rings is 2. The van der Waals surface area contributed by atoms with Crippen LogP contribution in [0.3, 0.4) is 0 Å². The summed E-state index contributed by atoms with van der Waals surface area (Å²) in [5.41, 5.74) is 6.46. The predicted molar refractivity (Wildman–Crippen MR) is 109 cm³/mol. The second-order valence-electron chi connectivity index (χ2n) is 7.86. The molecule has 27 heavy (non-hydrogen) atoms. The van der Waals surface area contributed by atoms with E-state index in [1.54, 1.807) is 0 Å². The normalized spacial score (nSPS) is 15.6. The lowest BCUT2D eigenvalue weighted by Gasteiger charge is -2.20. The molecule has 3 heterocycles. The molecular formula is C24H25N2O+. The van der Waals surface area contributed by atoms with Gasteiger partial charge in [-0.15, -0.1) is 0 Å². The zero-order chi connectivity index (χ0) is 18.4. The van der Waals surface area contributed by atoms with Crippen molar-refractivity contribution in [3.05, 3.63) is 59.9 Å². The van der Waals surface area contributed by atoms with Crippen LogP contribution >= 0.6 is 0 Å². The van der Waals surface area contributed by atoms with E-state index in [1.165, 1.54) is 43.4 Å². The van der Waals surface area contributed by atoms with Crippen molar-refractivity contribution < 1.29 is 8.98 Å². The summed E-state index contributed by atoms with van der Waals surface area (Å²) in [6.07, 6.45) is 8.58. The van der Waals surface area contributed by atoms with Gasteiger partial charge in [0.1, 0.15) is 7.05 Å². The summed E-state index contributed by atoms with van der Waals surface area (Å²) in [7, 11) is 2.08. The van der Waals surface area contributed by atoms with Gasteiger partial charge in [0.15, 0.2) is 11.8 Å². The van der Waals surface area contributed by atoms with Crippen molar-refractivity contribution in [2.75, 3.05) is 0 Å². The minimum Gasteiger partial charge on any atom is -0.437 e. The maximum absolute atomic E-state index is 6.38. The van der Waals surface area contributed by atoms with Crippen molar-refractivity contribution in [3.8, 4) is 11.3 Å². The zero-order valence-corrected chi connectivity index (χ0v) is 16.0. The number of fused-ring (bicyclic) bond motifs is 3. The van der Waals surface area contributed by atoms with Crippen LogP contribution in [0.2, 0.25) is 0 Å². The number of hydrogen-bond acceptors (Lipinski definition) is 2. The third kappa shape index (κ3) is 2.73. The van der Waals surface area contributed by atoms with Crippen molar-refractivity contribution in [2.45, 2.75) is 44.9 Å². The Morgan fingerprint density at radius 1 is 0.963 bits per heavy atom. The minimum atomic E-state index is 0.587. The van der Waals surface area contributed by atoms with Gasteiger partial charge in [0.05, 0.1) is 5.56 Å². The number of aryl methyl sites for hydroxylation is 2. The van der Waals surface area contributed by atoms with E-state index in [4.69, 9.17) is 9.40 Å². The highest BCUT2D eigenvalue weighted by molar-refractivity contribution is 6.08. The van der Waals surface area contributed by atoms with Crippen LogP contribution in [-0.2, 0) is 7.05 Å². The summed E-state index contributed by atoms with van der Waals surface area (Å²) in [4.78, 5) is 4.95. The lowest BCUT2D eigenvalue weighted by molar-refractivity contribution is -0.660. The molecule has 0 saturated heterocycles. The molecule has 0 aliphatic heterocycles. The third-order valence-electron chi connectivity index (χ3n) is 6.07. The van der Waals surface area contributed by atoms with Gasteiger partial charge in [-0.25, -0.2) is 9.55 Å². The highest BCUT2D eigenvalue weighted by atomic mass is 16.3. The highest BCUT2D eigenvalue weighted by Gasteiger charge is 2.22. The van der Waals surface area contributed by atoms with Crippen molar-refractivity contribution in [1.82, 2.24) is 4.98 Å². The fourth-order valence-corrected chi connectivity index (χ4v) is 4.56. The van der Waals surface area contributed by atoms with Gasteiger partial charge in [0, 0.05) is 34.5 Å². The van der Waals surface area contributed by atoms with E-state index < -0.39 is 0 Å². The quantitative estimate of drug-likeness (QED) is 0.423. The van der Waals surface area contributed by atoms with E-state index in [1.807, 2.05) is 0 Å². The Morgan fingerprint density at radius 3 is 2.59 bits per heavy atom. The van der Waals surface area contributed by atoms with Crippen LogP contribution in [0.1, 0.15) is 49.3 Å². The molecule has 1 aliphatic carbocycles. The number of nitrogens with zero attached hydrogens (tertiary/aromatic N) is 2. The van der Waals surface area contributed by atoms with E-state index in [2.05, 4.69) is 67.2 Å². The average Bonchev–Trinajstić information content (AvgIpc) is 3.07. The van der Waals surface area contributed by atoms with Crippen LogP contribution in [0.4, 0.5) is 0 Å². The Balaban J connectivity index is 1.72. The Kier molecular flexibility index (Phi) is 3.96. The summed E-state index contributed by atoms with van der Waals surface area (Å²) in [5, 5.41) is 2.27. The van der Waals surface area contributed by atoms with Crippen LogP contribution in [0.25, 0.3) is 33.3 Å². The van der Waals surface area contributed by atoms with Crippen molar-refractivity contribution in [2.24, 2.45) is 7.05 Å². The van der Waals surface area contributed by atoms with Crippen LogP contribution in [0.15, 0.2) is 53.1 Å². The molecule has 136 valence electrons. The molecule has 1 fully saturated rings. The second-order valence-corrected chi connectivity index (χ2v) is 7.86. The van der Waals surface area contributed by atoms with E-state index in [0.29, 0.717) is 5.92 Å². The van der Waals surface area contributed by atoms with E-state index in [9.17, 15) is 0 Å². The molecular weight excluding hydrogens is 332 g/mol. The number of rotatable bonds is 2. The van der Waals surface area contributed by atoms with Gasteiger partial charge in [-0.3, -0.25) is 0 Å². The molecule has 3 heteroatoms. The van der Waals surface area contributed by atoms with Crippen molar-refractivity contribution >= 4 is 22.1 Å². The van der Waals surface area contributed by atoms with E-state index >= 15 is 0 Å². The predicted octanol–water partition coefficient (Wildman–Crippen LogP) is 5.83. The fourth-order valence-electron chi connectivity index (χ4n) is 4.56. The van der Waals surface area contributed by atoms with Crippen molar-refractivity contribution in [3.63, 3.8) is 0 Å². The Morgan fingerprint density at radius 2 is 1.78 bits per heavy atom. The maximum atomic E-state index is 6.38. The molecule has 4 aromatic rings. The van der Waals surface area contributed by atoms with Crippen molar-refractivity contribution in [1.29, 1.82) is 0 Å². The molecule has 1 aliphatic rings. The van der Waals surface area contributed by atoms with Crippen LogP contribution in [0.5, 0.6) is 0 Å². The highest BCUT2D eigenvalue weighted by Crippen LogP contribution is 2.38. The van der Waals surface area contributed by atoms with E-state index in [0.717, 1.165) is 33.3 Å². The second kappa shape index (κ2) is 6.49. The van der Waals surface area contributed by atoms with Gasteiger partial charge < -0.3 is 4.42 Å².